The first-order chi connectivity index (χ1) is 9.28. The van der Waals surface area contributed by atoms with Gasteiger partial charge in [0.2, 0.25) is 0 Å². The van der Waals surface area contributed by atoms with Crippen LogP contribution in [0.2, 0.25) is 0 Å². The van der Waals surface area contributed by atoms with Crippen LogP contribution in [0.4, 0.5) is 10.1 Å². The molecule has 1 N–H and O–H groups in total. The fraction of sp³-hybridized carbons (Fsp3) is 0.250. The molecule has 0 amide bonds. The number of hydrogen-bond donors (Lipinski definition) is 1. The van der Waals surface area contributed by atoms with E-state index in [1.807, 2.05) is 0 Å². The van der Waals surface area contributed by atoms with Gasteiger partial charge in [-0.3, -0.25) is 0 Å². The van der Waals surface area contributed by atoms with E-state index in [0.717, 1.165) is 12.3 Å². The number of carbonyl (C=O) groups excluding carboxylic acids is 2. The fourth-order valence-corrected chi connectivity index (χ4v) is 1.65. The highest BCUT2D eigenvalue weighted by molar-refractivity contribution is 9.10. The lowest BCUT2D eigenvalue weighted by atomic mass is 10.2. The molecule has 1 aromatic heterocycles. The number of rotatable bonds is 2. The van der Waals surface area contributed by atoms with Gasteiger partial charge in [0.1, 0.15) is 4.60 Å². The van der Waals surface area contributed by atoms with Gasteiger partial charge in [-0.15, -0.1) is 0 Å². The Balaban J connectivity index is 2.17. The molecule has 1 saturated heterocycles. The van der Waals surface area contributed by atoms with Crippen molar-refractivity contribution in [3.8, 4) is 0 Å². The zero-order valence-corrected chi connectivity index (χ0v) is 12.2. The largest absolute Gasteiger partial charge is 0.419 e. The lowest BCUT2D eigenvalue weighted by molar-refractivity contribution is -0.222. The molecular weight excluding hydrogens is 335 g/mol. The second-order valence-corrected chi connectivity index (χ2v) is 5.13. The van der Waals surface area contributed by atoms with Crippen LogP contribution >= 0.6 is 15.9 Å². The van der Waals surface area contributed by atoms with Gasteiger partial charge in [0.15, 0.2) is 11.4 Å². The number of anilines is 1. The van der Waals surface area contributed by atoms with Crippen molar-refractivity contribution in [2.45, 2.75) is 19.6 Å². The normalized spacial score (nSPS) is 17.3. The molecule has 1 aliphatic heterocycles. The van der Waals surface area contributed by atoms with Gasteiger partial charge in [-0.25, -0.2) is 19.0 Å². The summed E-state index contributed by atoms with van der Waals surface area (Å²) in [6, 6.07) is 1.15. The standard InChI is InChI=1S/C12H10BrFN2O4/c1-12(2)19-10(17)7(11(18)20-12)5-15-6-3-8(14)9(13)16-4-6/h3-5,15H,1-2H3. The Hall–Kier alpha value is -1.96. The maximum Gasteiger partial charge on any atom is 0.350 e. The molecule has 20 heavy (non-hydrogen) atoms. The molecule has 2 heterocycles. The van der Waals surface area contributed by atoms with Crippen LogP contribution in [0.15, 0.2) is 28.6 Å². The molecule has 106 valence electrons. The molecule has 0 aliphatic carbocycles. The van der Waals surface area contributed by atoms with Crippen LogP contribution in [0, 0.1) is 5.82 Å². The fourth-order valence-electron chi connectivity index (χ4n) is 1.43. The molecule has 0 aromatic carbocycles. The summed E-state index contributed by atoms with van der Waals surface area (Å²) in [5, 5.41) is 2.58. The molecule has 1 fully saturated rings. The van der Waals surface area contributed by atoms with Crippen LogP contribution < -0.4 is 5.32 Å². The van der Waals surface area contributed by atoms with Gasteiger partial charge in [-0.1, -0.05) is 0 Å². The molecule has 8 heteroatoms. The summed E-state index contributed by atoms with van der Waals surface area (Å²) >= 11 is 2.91. The topological polar surface area (TPSA) is 77.5 Å². The Kier molecular flexibility index (Phi) is 3.76. The monoisotopic (exact) mass is 344 g/mol. The molecule has 0 atom stereocenters. The van der Waals surface area contributed by atoms with E-state index in [1.54, 1.807) is 0 Å². The average molecular weight is 345 g/mol. The lowest BCUT2D eigenvalue weighted by Crippen LogP contribution is -2.42. The highest BCUT2D eigenvalue weighted by Crippen LogP contribution is 2.23. The van der Waals surface area contributed by atoms with Gasteiger partial charge < -0.3 is 14.8 Å². The molecular formula is C12H10BrFN2O4. The number of halogens is 2. The number of cyclic esters (lactones) is 2. The van der Waals surface area contributed by atoms with Gasteiger partial charge in [-0.2, -0.15) is 0 Å². The van der Waals surface area contributed by atoms with Crippen molar-refractivity contribution in [1.29, 1.82) is 0 Å². The smallest absolute Gasteiger partial charge is 0.350 e. The molecule has 0 bridgehead atoms. The number of nitrogens with one attached hydrogen (secondary N) is 1. The van der Waals surface area contributed by atoms with Crippen LogP contribution in [0.3, 0.4) is 0 Å². The Morgan fingerprint density at radius 1 is 1.35 bits per heavy atom. The Morgan fingerprint density at radius 2 is 1.95 bits per heavy atom. The summed E-state index contributed by atoms with van der Waals surface area (Å²) in [6.45, 7) is 2.89. The predicted molar refractivity (Wildman–Crippen MR) is 69.9 cm³/mol. The summed E-state index contributed by atoms with van der Waals surface area (Å²) in [4.78, 5) is 27.0. The molecule has 0 unspecified atom stereocenters. The van der Waals surface area contributed by atoms with Gasteiger partial charge >= 0.3 is 11.9 Å². The summed E-state index contributed by atoms with van der Waals surface area (Å²) in [5.41, 5.74) is -0.0451. The first-order valence-corrected chi connectivity index (χ1v) is 6.32. The van der Waals surface area contributed by atoms with E-state index in [2.05, 4.69) is 26.2 Å². The summed E-state index contributed by atoms with van der Waals surface area (Å²) in [6.07, 6.45) is 2.41. The van der Waals surface area contributed by atoms with Crippen molar-refractivity contribution >= 4 is 33.6 Å². The zero-order valence-electron chi connectivity index (χ0n) is 10.6. The first kappa shape index (κ1) is 14.4. The van der Waals surface area contributed by atoms with Crippen LogP contribution in [0.25, 0.3) is 0 Å². The SMILES string of the molecule is CC1(C)OC(=O)C(=CNc2cnc(Br)c(F)c2)C(=O)O1. The number of esters is 2. The zero-order chi connectivity index (χ0) is 14.9. The number of aromatic nitrogens is 1. The van der Waals surface area contributed by atoms with Crippen molar-refractivity contribution in [1.82, 2.24) is 4.98 Å². The van der Waals surface area contributed by atoms with Crippen LogP contribution in [0.5, 0.6) is 0 Å². The minimum atomic E-state index is -1.29. The van der Waals surface area contributed by atoms with Crippen molar-refractivity contribution in [2.24, 2.45) is 0 Å². The maximum atomic E-state index is 13.2. The third kappa shape index (κ3) is 3.13. The highest BCUT2D eigenvalue weighted by atomic mass is 79.9. The van der Waals surface area contributed by atoms with E-state index < -0.39 is 23.5 Å². The first-order valence-electron chi connectivity index (χ1n) is 5.53. The summed E-state index contributed by atoms with van der Waals surface area (Å²) < 4.78 is 23.1. The second-order valence-electron chi connectivity index (χ2n) is 4.38. The lowest BCUT2D eigenvalue weighted by Gasteiger charge is -2.29. The number of carbonyl (C=O) groups is 2. The van der Waals surface area contributed by atoms with Gasteiger partial charge in [0, 0.05) is 26.1 Å². The Labute approximate surface area is 122 Å². The minimum Gasteiger partial charge on any atom is -0.419 e. The van der Waals surface area contributed by atoms with E-state index in [0.29, 0.717) is 0 Å². The molecule has 1 aromatic rings. The number of nitrogens with zero attached hydrogens (tertiary/aromatic N) is 1. The minimum absolute atomic E-state index is 0.0638. The van der Waals surface area contributed by atoms with Crippen molar-refractivity contribution < 1.29 is 23.5 Å². The summed E-state index contributed by atoms with van der Waals surface area (Å²) in [7, 11) is 0. The molecule has 6 nitrogen and oxygen atoms in total. The van der Waals surface area contributed by atoms with E-state index in [9.17, 15) is 14.0 Å². The van der Waals surface area contributed by atoms with Crippen molar-refractivity contribution in [3.05, 3.63) is 34.5 Å². The summed E-state index contributed by atoms with van der Waals surface area (Å²) in [5.74, 6) is -3.51. The van der Waals surface area contributed by atoms with E-state index in [-0.39, 0.29) is 15.9 Å². The van der Waals surface area contributed by atoms with Crippen LogP contribution in [-0.2, 0) is 19.1 Å². The molecule has 0 spiro atoms. The molecule has 1 aliphatic rings. The van der Waals surface area contributed by atoms with E-state index >= 15 is 0 Å². The Morgan fingerprint density at radius 3 is 2.50 bits per heavy atom. The third-order valence-corrected chi connectivity index (χ3v) is 2.88. The maximum absolute atomic E-state index is 13.2. The Bertz CT molecular complexity index is 593. The number of pyridine rings is 1. The third-order valence-electron chi connectivity index (χ3n) is 2.30. The van der Waals surface area contributed by atoms with E-state index in [1.165, 1.54) is 20.0 Å². The van der Waals surface area contributed by atoms with Crippen LogP contribution in [0.1, 0.15) is 13.8 Å². The predicted octanol–water partition coefficient (Wildman–Crippen LogP) is 2.12. The quantitative estimate of drug-likeness (QED) is 0.383. The molecule has 0 radical (unpaired) electrons. The van der Waals surface area contributed by atoms with E-state index in [4.69, 9.17) is 9.47 Å². The average Bonchev–Trinajstić information content (AvgIpc) is 2.31. The van der Waals surface area contributed by atoms with Gasteiger partial charge in [0.05, 0.1) is 11.9 Å². The second kappa shape index (κ2) is 5.20. The van der Waals surface area contributed by atoms with Gasteiger partial charge in [0.25, 0.3) is 5.79 Å². The molecule has 0 saturated carbocycles. The van der Waals surface area contributed by atoms with Crippen LogP contribution in [-0.4, -0.2) is 22.7 Å². The van der Waals surface area contributed by atoms with Crippen molar-refractivity contribution in [2.75, 3.05) is 5.32 Å². The van der Waals surface area contributed by atoms with Gasteiger partial charge in [-0.05, 0) is 15.9 Å². The number of ether oxygens (including phenoxy) is 2. The highest BCUT2D eigenvalue weighted by Gasteiger charge is 2.38. The number of hydrogen-bond acceptors (Lipinski definition) is 6. The molecule has 2 rings (SSSR count). The van der Waals surface area contributed by atoms with Crippen molar-refractivity contribution in [3.63, 3.8) is 0 Å².